The number of hydrogen-bond donors (Lipinski definition) is 0. The van der Waals surface area contributed by atoms with Gasteiger partial charge < -0.3 is 10.3 Å². The van der Waals surface area contributed by atoms with Crippen molar-refractivity contribution in [2.75, 3.05) is 5.06 Å². The third-order valence-corrected chi connectivity index (χ3v) is 1.67. The molecule has 0 aliphatic carbocycles. The zero-order chi connectivity index (χ0) is 7.68. The molecule has 1 heterocycles. The van der Waals surface area contributed by atoms with Crippen LogP contribution in [0.25, 0.3) is 6.08 Å². The lowest BCUT2D eigenvalue weighted by Crippen LogP contribution is -2.12. The molecule has 1 aliphatic rings. The van der Waals surface area contributed by atoms with E-state index in [0.29, 0.717) is 0 Å². The molecule has 2 nitrogen and oxygen atoms in total. The fourth-order valence-electron chi connectivity index (χ4n) is 1.13. The molecular weight excluding hydrogens is 138 g/mol. The summed E-state index contributed by atoms with van der Waals surface area (Å²) >= 11 is 0. The zero-order valence-corrected chi connectivity index (χ0v) is 5.90. The molecule has 0 aromatic heterocycles. The number of hydrogen-bond acceptors (Lipinski definition) is 2. The maximum Gasteiger partial charge on any atom is 0.0601 e. The summed E-state index contributed by atoms with van der Waals surface area (Å²) in [6, 6.07) is 7.51. The second kappa shape index (κ2) is 2.40. The van der Waals surface area contributed by atoms with Crippen molar-refractivity contribution in [1.82, 2.24) is 0 Å². The van der Waals surface area contributed by atoms with Crippen LogP contribution in [0.3, 0.4) is 0 Å². The van der Waals surface area contributed by atoms with Crippen LogP contribution >= 0.6 is 0 Å². The molecule has 0 saturated heterocycles. The van der Waals surface area contributed by atoms with E-state index in [9.17, 15) is 5.21 Å². The van der Waals surface area contributed by atoms with Crippen LogP contribution in [-0.4, -0.2) is 0 Å². The monoisotopic (exact) mass is 145 g/mol. The van der Waals surface area contributed by atoms with Crippen LogP contribution in [-0.2, 0) is 0 Å². The van der Waals surface area contributed by atoms with Gasteiger partial charge in [0.05, 0.1) is 6.54 Å². The first-order valence-electron chi connectivity index (χ1n) is 3.45. The summed E-state index contributed by atoms with van der Waals surface area (Å²) in [5, 5.41) is 12.0. The maximum atomic E-state index is 11.1. The molecule has 55 valence electrons. The molecule has 1 aliphatic heterocycles. The molecule has 0 bridgehead atoms. The normalized spacial score (nSPS) is 14.8. The molecule has 0 spiro atoms. The van der Waals surface area contributed by atoms with Crippen LogP contribution in [0.2, 0.25) is 0 Å². The minimum atomic E-state index is 0.718. The SMILES string of the molecule is [O-]N1[CH]C=Cc2ccccc21. The highest BCUT2D eigenvalue weighted by Crippen LogP contribution is 2.25. The lowest BCUT2D eigenvalue weighted by molar-refractivity contribution is 1.20. The van der Waals surface area contributed by atoms with Gasteiger partial charge in [-0.05, 0) is 11.6 Å². The van der Waals surface area contributed by atoms with E-state index >= 15 is 0 Å². The zero-order valence-electron chi connectivity index (χ0n) is 5.90. The highest BCUT2D eigenvalue weighted by molar-refractivity contribution is 5.73. The standard InChI is InChI=1S/C9H7NO/c11-10-7-3-5-8-4-1-2-6-9(8)10/h1-7H/q-1. The summed E-state index contributed by atoms with van der Waals surface area (Å²) in [6.45, 7) is 1.50. The average Bonchev–Trinajstić information content (AvgIpc) is 2.06. The Kier molecular flexibility index (Phi) is 1.40. The molecule has 2 heteroatoms. The summed E-state index contributed by atoms with van der Waals surface area (Å²) in [5.41, 5.74) is 1.69. The fourth-order valence-corrected chi connectivity index (χ4v) is 1.13. The van der Waals surface area contributed by atoms with E-state index in [4.69, 9.17) is 0 Å². The van der Waals surface area contributed by atoms with E-state index in [0.717, 1.165) is 16.3 Å². The minimum absolute atomic E-state index is 0.718. The van der Waals surface area contributed by atoms with Gasteiger partial charge in [-0.1, -0.05) is 30.4 Å². The summed E-state index contributed by atoms with van der Waals surface area (Å²) in [4.78, 5) is 0. The van der Waals surface area contributed by atoms with Crippen LogP contribution in [0.5, 0.6) is 0 Å². The maximum absolute atomic E-state index is 11.1. The molecule has 1 aromatic carbocycles. The van der Waals surface area contributed by atoms with Gasteiger partial charge >= 0.3 is 0 Å². The van der Waals surface area contributed by atoms with E-state index < -0.39 is 0 Å². The predicted molar refractivity (Wildman–Crippen MR) is 45.6 cm³/mol. The molecule has 11 heavy (non-hydrogen) atoms. The van der Waals surface area contributed by atoms with E-state index in [1.807, 2.05) is 30.3 Å². The van der Waals surface area contributed by atoms with Crippen LogP contribution in [0.1, 0.15) is 5.56 Å². The van der Waals surface area contributed by atoms with Gasteiger partial charge in [0, 0.05) is 5.69 Å². The number of benzene rings is 1. The topological polar surface area (TPSA) is 26.3 Å². The van der Waals surface area contributed by atoms with E-state index in [2.05, 4.69) is 0 Å². The number of rotatable bonds is 0. The van der Waals surface area contributed by atoms with Gasteiger partial charge in [-0.2, -0.15) is 0 Å². The highest BCUT2D eigenvalue weighted by Gasteiger charge is 2.02. The Morgan fingerprint density at radius 2 is 2.00 bits per heavy atom. The Balaban J connectivity index is 2.54. The predicted octanol–water partition coefficient (Wildman–Crippen LogP) is 2.18. The first-order chi connectivity index (χ1) is 5.38. The van der Waals surface area contributed by atoms with Crippen LogP contribution < -0.4 is 5.06 Å². The Labute approximate surface area is 65.3 Å². The molecule has 0 saturated carbocycles. The Morgan fingerprint density at radius 3 is 2.82 bits per heavy atom. The highest BCUT2D eigenvalue weighted by atomic mass is 16.5. The van der Waals surface area contributed by atoms with Gasteiger partial charge in [0.1, 0.15) is 0 Å². The number of hydroxylamine groups is 1. The van der Waals surface area contributed by atoms with Crippen molar-refractivity contribution in [3.05, 3.63) is 47.7 Å². The van der Waals surface area contributed by atoms with Gasteiger partial charge in [0.15, 0.2) is 0 Å². The largest absolute Gasteiger partial charge is 0.758 e. The first-order valence-corrected chi connectivity index (χ1v) is 3.45. The van der Waals surface area contributed by atoms with Crippen molar-refractivity contribution in [3.63, 3.8) is 0 Å². The van der Waals surface area contributed by atoms with E-state index in [1.165, 1.54) is 6.54 Å². The fraction of sp³-hybridized carbons (Fsp3) is 0. The van der Waals surface area contributed by atoms with E-state index in [1.54, 1.807) is 6.08 Å². The summed E-state index contributed by atoms with van der Waals surface area (Å²) in [5.74, 6) is 0. The molecule has 2 rings (SSSR count). The quantitative estimate of drug-likeness (QED) is 0.559. The number of nitrogens with zero attached hydrogens (tertiary/aromatic N) is 1. The second-order valence-corrected chi connectivity index (χ2v) is 2.39. The van der Waals surface area contributed by atoms with Gasteiger partial charge in [-0.25, -0.2) is 0 Å². The first kappa shape index (κ1) is 6.43. The number of anilines is 1. The summed E-state index contributed by atoms with van der Waals surface area (Å²) in [7, 11) is 0. The molecule has 0 atom stereocenters. The Morgan fingerprint density at radius 1 is 1.18 bits per heavy atom. The van der Waals surface area contributed by atoms with Gasteiger partial charge in [0.2, 0.25) is 0 Å². The van der Waals surface area contributed by atoms with Crippen LogP contribution in [0.4, 0.5) is 5.69 Å². The second-order valence-electron chi connectivity index (χ2n) is 2.39. The third-order valence-electron chi connectivity index (χ3n) is 1.67. The lowest BCUT2D eigenvalue weighted by Gasteiger charge is -2.32. The van der Waals surface area contributed by atoms with Crippen molar-refractivity contribution >= 4 is 11.8 Å². The third kappa shape index (κ3) is 1.01. The molecule has 1 aromatic rings. The van der Waals surface area contributed by atoms with Crippen molar-refractivity contribution < 1.29 is 0 Å². The van der Waals surface area contributed by atoms with Gasteiger partial charge in [-0.3, -0.25) is 0 Å². The molecule has 0 amide bonds. The number of para-hydroxylation sites is 1. The molecular formula is C9H7NO-. The van der Waals surface area contributed by atoms with Crippen molar-refractivity contribution in [2.45, 2.75) is 0 Å². The molecule has 0 unspecified atom stereocenters. The van der Waals surface area contributed by atoms with Crippen molar-refractivity contribution in [2.24, 2.45) is 0 Å². The molecule has 0 N–H and O–H groups in total. The number of fused-ring (bicyclic) bond motifs is 1. The van der Waals surface area contributed by atoms with Crippen LogP contribution in [0, 0.1) is 11.8 Å². The van der Waals surface area contributed by atoms with Crippen LogP contribution in [0.15, 0.2) is 30.3 Å². The Hall–Kier alpha value is -1.28. The van der Waals surface area contributed by atoms with Gasteiger partial charge in [0.25, 0.3) is 0 Å². The minimum Gasteiger partial charge on any atom is -0.758 e. The summed E-state index contributed by atoms with van der Waals surface area (Å²) < 4.78 is 0. The van der Waals surface area contributed by atoms with E-state index in [-0.39, 0.29) is 0 Å². The average molecular weight is 145 g/mol. The smallest absolute Gasteiger partial charge is 0.0601 e. The Bertz CT molecular complexity index is 293. The molecule has 1 radical (unpaired) electrons. The lowest BCUT2D eigenvalue weighted by atomic mass is 10.1. The summed E-state index contributed by atoms with van der Waals surface area (Å²) in [6.07, 6.45) is 3.67. The van der Waals surface area contributed by atoms with Crippen molar-refractivity contribution in [3.8, 4) is 0 Å². The van der Waals surface area contributed by atoms with Crippen molar-refractivity contribution in [1.29, 1.82) is 0 Å². The molecule has 0 fully saturated rings. The van der Waals surface area contributed by atoms with Gasteiger partial charge in [-0.15, -0.1) is 0 Å².